The second-order valence-electron chi connectivity index (χ2n) is 2.78. The van der Waals surface area contributed by atoms with Gasteiger partial charge in [-0.15, -0.1) is 0 Å². The second-order valence-corrected chi connectivity index (χ2v) is 2.78. The summed E-state index contributed by atoms with van der Waals surface area (Å²) >= 11 is 0. The van der Waals surface area contributed by atoms with E-state index >= 15 is 0 Å². The fraction of sp³-hybridized carbons (Fsp3) is 0.375. The van der Waals surface area contributed by atoms with Crippen molar-refractivity contribution in [1.29, 1.82) is 0 Å². The first-order valence-electron chi connectivity index (χ1n) is 4.24. The third-order valence-corrected chi connectivity index (χ3v) is 1.69. The Hall–Kier alpha value is -0.905. The summed E-state index contributed by atoms with van der Waals surface area (Å²) < 4.78 is 0. The minimum absolute atomic E-state index is 0.426. The molecule has 1 aromatic heterocycles. The Morgan fingerprint density at radius 1 is 1.46 bits per heavy atom. The van der Waals surface area contributed by atoms with Crippen LogP contribution in [0.15, 0.2) is 18.5 Å². The fourth-order valence-corrected chi connectivity index (χ4v) is 1.01. The van der Waals surface area contributed by atoms with Gasteiger partial charge in [-0.2, -0.15) is 0 Å². The van der Waals surface area contributed by atoms with Gasteiger partial charge < -0.3 is 15.4 Å². The predicted octanol–water partition coefficient (Wildman–Crippen LogP) is -1.13. The zero-order chi connectivity index (χ0) is 9.68. The van der Waals surface area contributed by atoms with E-state index in [4.69, 9.17) is 10.0 Å². The van der Waals surface area contributed by atoms with Crippen molar-refractivity contribution in [3.8, 4) is 0 Å². The van der Waals surface area contributed by atoms with E-state index in [1.54, 1.807) is 12.3 Å². The molecule has 1 rings (SSSR count). The van der Waals surface area contributed by atoms with Crippen LogP contribution in [0.25, 0.3) is 0 Å². The minimum atomic E-state index is -1.44. The summed E-state index contributed by atoms with van der Waals surface area (Å²) in [5.74, 6) is 0. The molecule has 0 aromatic carbocycles. The van der Waals surface area contributed by atoms with Gasteiger partial charge in [0, 0.05) is 24.4 Å². The lowest BCUT2D eigenvalue weighted by atomic mass is 9.81. The summed E-state index contributed by atoms with van der Waals surface area (Å²) in [5.41, 5.74) is 1.38. The highest BCUT2D eigenvalue weighted by molar-refractivity contribution is 6.58. The summed E-state index contributed by atoms with van der Waals surface area (Å²) in [6.07, 6.45) is 3.15. The van der Waals surface area contributed by atoms with E-state index in [9.17, 15) is 0 Å². The number of aromatic nitrogens is 1. The van der Waals surface area contributed by atoms with Crippen molar-refractivity contribution in [1.82, 2.24) is 10.3 Å². The van der Waals surface area contributed by atoms with Gasteiger partial charge in [-0.1, -0.05) is 13.0 Å². The summed E-state index contributed by atoms with van der Waals surface area (Å²) in [6, 6.07) is 1.72. The van der Waals surface area contributed by atoms with Gasteiger partial charge in [-0.25, -0.2) is 0 Å². The highest BCUT2D eigenvalue weighted by atomic mass is 16.4. The first-order chi connectivity index (χ1) is 6.24. The molecule has 5 heteroatoms. The molecule has 0 unspecified atom stereocenters. The third kappa shape index (κ3) is 3.14. The number of nitrogens with one attached hydrogen (secondary N) is 1. The molecule has 0 bridgehead atoms. The van der Waals surface area contributed by atoms with Gasteiger partial charge in [0.2, 0.25) is 0 Å². The van der Waals surface area contributed by atoms with Gasteiger partial charge in [-0.3, -0.25) is 4.98 Å². The minimum Gasteiger partial charge on any atom is -0.423 e. The molecule has 0 spiro atoms. The number of hydrogen-bond donors (Lipinski definition) is 3. The Morgan fingerprint density at radius 3 is 2.85 bits per heavy atom. The normalized spacial score (nSPS) is 10.1. The van der Waals surface area contributed by atoms with Crippen LogP contribution in [0.1, 0.15) is 12.5 Å². The molecule has 3 N–H and O–H groups in total. The Balaban J connectivity index is 2.68. The summed E-state index contributed by atoms with van der Waals surface area (Å²) in [5, 5.41) is 20.9. The molecule has 4 nitrogen and oxygen atoms in total. The highest BCUT2D eigenvalue weighted by Crippen LogP contribution is 1.93. The van der Waals surface area contributed by atoms with Crippen LogP contribution in [0.4, 0.5) is 0 Å². The highest BCUT2D eigenvalue weighted by Gasteiger charge is 2.10. The molecular formula is C8H13BN2O2. The van der Waals surface area contributed by atoms with E-state index in [0.717, 1.165) is 12.1 Å². The molecule has 0 radical (unpaired) electrons. The smallest absolute Gasteiger partial charge is 0.423 e. The van der Waals surface area contributed by atoms with Crippen molar-refractivity contribution < 1.29 is 10.0 Å². The Morgan fingerprint density at radius 2 is 2.23 bits per heavy atom. The number of rotatable bonds is 4. The molecule has 0 atom stereocenters. The Kier molecular flexibility index (Phi) is 3.88. The first-order valence-corrected chi connectivity index (χ1v) is 4.24. The molecule has 0 aliphatic carbocycles. The number of pyridine rings is 1. The summed E-state index contributed by atoms with van der Waals surface area (Å²) in [4.78, 5) is 3.90. The molecule has 0 amide bonds. The molecular weight excluding hydrogens is 167 g/mol. The Labute approximate surface area is 77.8 Å². The van der Waals surface area contributed by atoms with Crippen molar-refractivity contribution in [2.45, 2.75) is 13.5 Å². The van der Waals surface area contributed by atoms with E-state index in [-0.39, 0.29) is 0 Å². The second kappa shape index (κ2) is 4.96. The average molecular weight is 180 g/mol. The van der Waals surface area contributed by atoms with Crippen LogP contribution >= 0.6 is 0 Å². The Bertz CT molecular complexity index is 268. The van der Waals surface area contributed by atoms with Gasteiger partial charge in [0.15, 0.2) is 0 Å². The summed E-state index contributed by atoms with van der Waals surface area (Å²) in [6.45, 7) is 3.59. The number of nitrogens with zero attached hydrogens (tertiary/aromatic N) is 1. The van der Waals surface area contributed by atoms with E-state index in [1.165, 1.54) is 6.20 Å². The molecule has 1 heterocycles. The van der Waals surface area contributed by atoms with Crippen LogP contribution in [-0.2, 0) is 6.54 Å². The standard InChI is InChI=1S/C8H13BN2O2/c1-2-10-4-7-3-8(9(12)13)6-11-5-7/h3,5-6,10,12-13H,2,4H2,1H3. The zero-order valence-corrected chi connectivity index (χ0v) is 7.57. The van der Waals surface area contributed by atoms with Crippen molar-refractivity contribution in [3.63, 3.8) is 0 Å². The molecule has 0 aliphatic heterocycles. The summed E-state index contributed by atoms with van der Waals surface area (Å²) in [7, 11) is -1.44. The molecule has 0 saturated carbocycles. The molecule has 0 saturated heterocycles. The van der Waals surface area contributed by atoms with Crippen molar-refractivity contribution in [3.05, 3.63) is 24.0 Å². The van der Waals surface area contributed by atoms with Crippen LogP contribution in [0.2, 0.25) is 0 Å². The fourth-order valence-electron chi connectivity index (χ4n) is 1.01. The third-order valence-electron chi connectivity index (χ3n) is 1.69. The van der Waals surface area contributed by atoms with Gasteiger partial charge in [-0.05, 0) is 12.1 Å². The zero-order valence-electron chi connectivity index (χ0n) is 7.57. The van der Waals surface area contributed by atoms with Crippen LogP contribution < -0.4 is 10.8 Å². The lowest BCUT2D eigenvalue weighted by Gasteiger charge is -2.03. The first kappa shape index (κ1) is 10.2. The van der Waals surface area contributed by atoms with E-state index in [0.29, 0.717) is 12.0 Å². The van der Waals surface area contributed by atoms with Crippen LogP contribution in [0, 0.1) is 0 Å². The quantitative estimate of drug-likeness (QED) is 0.513. The van der Waals surface area contributed by atoms with Gasteiger partial charge in [0.05, 0.1) is 0 Å². The van der Waals surface area contributed by atoms with Crippen molar-refractivity contribution in [2.75, 3.05) is 6.54 Å². The monoisotopic (exact) mass is 180 g/mol. The number of hydrogen-bond acceptors (Lipinski definition) is 4. The maximum Gasteiger partial charge on any atom is 0.490 e. The average Bonchev–Trinajstić information content (AvgIpc) is 2.15. The SMILES string of the molecule is CCNCc1cncc(B(O)O)c1. The van der Waals surface area contributed by atoms with Crippen LogP contribution in [0.3, 0.4) is 0 Å². The van der Waals surface area contributed by atoms with Crippen LogP contribution in [0.5, 0.6) is 0 Å². The van der Waals surface area contributed by atoms with Gasteiger partial charge in [0.25, 0.3) is 0 Å². The predicted molar refractivity (Wildman–Crippen MR) is 51.4 cm³/mol. The van der Waals surface area contributed by atoms with Crippen molar-refractivity contribution >= 4 is 12.6 Å². The lowest BCUT2D eigenvalue weighted by molar-refractivity contribution is 0.425. The van der Waals surface area contributed by atoms with E-state index in [2.05, 4.69) is 10.3 Å². The topological polar surface area (TPSA) is 65.4 Å². The molecule has 13 heavy (non-hydrogen) atoms. The lowest BCUT2D eigenvalue weighted by Crippen LogP contribution is -2.30. The molecule has 1 aromatic rings. The van der Waals surface area contributed by atoms with Gasteiger partial charge in [0.1, 0.15) is 0 Å². The van der Waals surface area contributed by atoms with Crippen LogP contribution in [-0.4, -0.2) is 28.7 Å². The van der Waals surface area contributed by atoms with E-state index < -0.39 is 7.12 Å². The molecule has 0 aliphatic rings. The van der Waals surface area contributed by atoms with E-state index in [1.807, 2.05) is 6.92 Å². The molecule has 70 valence electrons. The van der Waals surface area contributed by atoms with Gasteiger partial charge >= 0.3 is 7.12 Å². The molecule has 0 fully saturated rings. The van der Waals surface area contributed by atoms with Crippen molar-refractivity contribution in [2.24, 2.45) is 0 Å². The maximum atomic E-state index is 8.87. The maximum absolute atomic E-state index is 8.87. The largest absolute Gasteiger partial charge is 0.490 e.